The summed E-state index contributed by atoms with van der Waals surface area (Å²) in [5.41, 5.74) is 1.39. The summed E-state index contributed by atoms with van der Waals surface area (Å²) < 4.78 is 33.5. The molecular weight excluding hydrogens is 420 g/mol. The van der Waals surface area contributed by atoms with Gasteiger partial charge in [0.15, 0.2) is 0 Å². The summed E-state index contributed by atoms with van der Waals surface area (Å²) in [7, 11) is -3.89. The number of esters is 1. The van der Waals surface area contributed by atoms with Crippen molar-refractivity contribution in [3.05, 3.63) is 100 Å². The van der Waals surface area contributed by atoms with Gasteiger partial charge in [-0.2, -0.15) is 0 Å². The van der Waals surface area contributed by atoms with Gasteiger partial charge in [-0.25, -0.2) is 13.1 Å². The van der Waals surface area contributed by atoms with Crippen molar-refractivity contribution in [1.29, 1.82) is 0 Å². The molecule has 3 rings (SSSR count). The van der Waals surface area contributed by atoms with E-state index in [-0.39, 0.29) is 22.8 Å². The average molecular weight is 440 g/mol. The Morgan fingerprint density at radius 2 is 1.61 bits per heavy atom. The number of benzene rings is 3. The number of nitrogens with one attached hydrogen (secondary N) is 1. The van der Waals surface area contributed by atoms with Crippen LogP contribution in [0.5, 0.6) is 5.75 Å². The van der Waals surface area contributed by atoms with Crippen molar-refractivity contribution < 1.29 is 22.9 Å². The molecule has 8 nitrogen and oxygen atoms in total. The fourth-order valence-electron chi connectivity index (χ4n) is 2.86. The molecule has 0 radical (unpaired) electrons. The Labute approximate surface area is 179 Å². The Bertz CT molecular complexity index is 1160. The van der Waals surface area contributed by atoms with E-state index in [1.54, 1.807) is 42.5 Å². The van der Waals surface area contributed by atoms with Crippen molar-refractivity contribution >= 4 is 21.7 Å². The van der Waals surface area contributed by atoms with Gasteiger partial charge < -0.3 is 4.74 Å². The summed E-state index contributed by atoms with van der Waals surface area (Å²) in [5.74, 6) is -0.557. The van der Waals surface area contributed by atoms with Crippen molar-refractivity contribution in [3.8, 4) is 5.75 Å². The van der Waals surface area contributed by atoms with Crippen LogP contribution in [0.3, 0.4) is 0 Å². The minimum Gasteiger partial charge on any atom is -0.426 e. The molecule has 1 atom stereocenters. The Morgan fingerprint density at radius 1 is 1.00 bits per heavy atom. The lowest BCUT2D eigenvalue weighted by Gasteiger charge is -2.19. The molecule has 0 unspecified atom stereocenters. The molecule has 160 valence electrons. The molecule has 0 saturated carbocycles. The molecule has 0 saturated heterocycles. The molecule has 3 aromatic rings. The van der Waals surface area contributed by atoms with E-state index in [0.717, 1.165) is 5.56 Å². The maximum Gasteiger partial charge on any atom is 0.313 e. The normalized spacial score (nSPS) is 12.2. The van der Waals surface area contributed by atoms with Crippen LogP contribution in [0.15, 0.2) is 83.8 Å². The lowest BCUT2D eigenvalue weighted by molar-refractivity contribution is -0.384. The predicted molar refractivity (Wildman–Crippen MR) is 114 cm³/mol. The number of carbonyl (C=O) groups is 1. The average Bonchev–Trinajstić information content (AvgIpc) is 2.74. The standard InChI is InChI=1S/C22H20N2O6S/c1-16-7-13-20(14-8-16)31(28,29)23-21(17-5-3-2-4-6-17)15-22(25)30-19-11-9-18(10-12-19)24(26)27/h2-14,21,23H,15H2,1H3/t21-/m0/s1. The molecule has 3 aromatic carbocycles. The maximum absolute atomic E-state index is 12.8. The first-order valence-corrected chi connectivity index (χ1v) is 10.8. The van der Waals surface area contributed by atoms with Crippen LogP contribution in [0.25, 0.3) is 0 Å². The smallest absolute Gasteiger partial charge is 0.313 e. The van der Waals surface area contributed by atoms with Crippen LogP contribution in [-0.2, 0) is 14.8 Å². The summed E-state index contributed by atoms with van der Waals surface area (Å²) in [6.45, 7) is 1.85. The van der Waals surface area contributed by atoms with Gasteiger partial charge in [-0.1, -0.05) is 48.0 Å². The first-order valence-electron chi connectivity index (χ1n) is 9.34. The second kappa shape index (κ2) is 9.50. The number of carbonyl (C=O) groups excluding carboxylic acids is 1. The monoisotopic (exact) mass is 440 g/mol. The number of nitrogens with zero attached hydrogens (tertiary/aromatic N) is 1. The third-order valence-corrected chi connectivity index (χ3v) is 5.97. The van der Waals surface area contributed by atoms with Gasteiger partial charge in [-0.15, -0.1) is 0 Å². The van der Waals surface area contributed by atoms with Gasteiger partial charge >= 0.3 is 5.97 Å². The molecular formula is C22H20N2O6S. The summed E-state index contributed by atoms with van der Waals surface area (Å²) in [6.07, 6.45) is -0.272. The summed E-state index contributed by atoms with van der Waals surface area (Å²) in [5, 5.41) is 10.7. The largest absolute Gasteiger partial charge is 0.426 e. The quantitative estimate of drug-likeness (QED) is 0.246. The van der Waals surface area contributed by atoms with E-state index in [9.17, 15) is 23.3 Å². The second-order valence-electron chi connectivity index (χ2n) is 6.83. The highest BCUT2D eigenvalue weighted by atomic mass is 32.2. The Kier molecular flexibility index (Phi) is 6.78. The summed E-state index contributed by atoms with van der Waals surface area (Å²) >= 11 is 0. The zero-order chi connectivity index (χ0) is 22.4. The molecule has 0 aliphatic carbocycles. The summed E-state index contributed by atoms with van der Waals surface area (Å²) in [4.78, 5) is 22.8. The second-order valence-corrected chi connectivity index (χ2v) is 8.54. The molecule has 1 N–H and O–H groups in total. The summed E-state index contributed by atoms with van der Waals surface area (Å²) in [6, 6.07) is 19.2. The van der Waals surface area contributed by atoms with E-state index in [2.05, 4.69) is 4.72 Å². The van der Waals surface area contributed by atoms with Crippen molar-refractivity contribution in [2.75, 3.05) is 0 Å². The van der Waals surface area contributed by atoms with E-state index in [0.29, 0.717) is 5.56 Å². The van der Waals surface area contributed by atoms with Crippen molar-refractivity contribution in [3.63, 3.8) is 0 Å². The zero-order valence-corrected chi connectivity index (χ0v) is 17.4. The third-order valence-electron chi connectivity index (χ3n) is 4.48. The number of hydrogen-bond donors (Lipinski definition) is 1. The number of nitro groups is 1. The van der Waals surface area contributed by atoms with E-state index in [1.165, 1.54) is 36.4 Å². The van der Waals surface area contributed by atoms with Crippen molar-refractivity contribution in [2.45, 2.75) is 24.3 Å². The van der Waals surface area contributed by atoms with Crippen molar-refractivity contribution in [1.82, 2.24) is 4.72 Å². The van der Waals surface area contributed by atoms with Crippen molar-refractivity contribution in [2.24, 2.45) is 0 Å². The molecule has 0 bridgehead atoms. The zero-order valence-electron chi connectivity index (χ0n) is 16.6. The van der Waals surface area contributed by atoms with E-state index in [4.69, 9.17) is 4.74 Å². The molecule has 0 aliphatic rings. The first-order chi connectivity index (χ1) is 14.7. The fourth-order valence-corrected chi connectivity index (χ4v) is 4.09. The maximum atomic E-state index is 12.8. The highest BCUT2D eigenvalue weighted by Gasteiger charge is 2.24. The van der Waals surface area contributed by atoms with Crippen LogP contribution >= 0.6 is 0 Å². The number of rotatable bonds is 8. The molecule has 0 aromatic heterocycles. The predicted octanol–water partition coefficient (Wildman–Crippen LogP) is 3.92. The molecule has 0 fully saturated rings. The van der Waals surface area contributed by atoms with Crippen LogP contribution < -0.4 is 9.46 Å². The Morgan fingerprint density at radius 3 is 2.19 bits per heavy atom. The van der Waals surface area contributed by atoms with Crippen LogP contribution in [-0.4, -0.2) is 19.3 Å². The number of ether oxygens (including phenoxy) is 1. The van der Waals surface area contributed by atoms with Gasteiger partial charge in [-0.3, -0.25) is 14.9 Å². The lowest BCUT2D eigenvalue weighted by Crippen LogP contribution is -2.31. The molecule has 0 aliphatic heterocycles. The lowest BCUT2D eigenvalue weighted by atomic mass is 10.1. The van der Waals surface area contributed by atoms with Gasteiger partial charge in [-0.05, 0) is 36.8 Å². The first kappa shape index (κ1) is 22.1. The van der Waals surface area contributed by atoms with Gasteiger partial charge in [0.2, 0.25) is 10.0 Å². The van der Waals surface area contributed by atoms with Crippen LogP contribution in [0.4, 0.5) is 5.69 Å². The minimum absolute atomic E-state index is 0.0859. The Hall–Kier alpha value is -3.56. The molecule has 9 heteroatoms. The van der Waals surface area contributed by atoms with Gasteiger partial charge in [0.1, 0.15) is 5.75 Å². The van der Waals surface area contributed by atoms with E-state index >= 15 is 0 Å². The van der Waals surface area contributed by atoms with Crippen LogP contribution in [0.1, 0.15) is 23.6 Å². The topological polar surface area (TPSA) is 116 Å². The number of nitro benzene ring substituents is 1. The van der Waals surface area contributed by atoms with Crippen LogP contribution in [0, 0.1) is 17.0 Å². The van der Waals surface area contributed by atoms with Gasteiger partial charge in [0.25, 0.3) is 5.69 Å². The number of non-ortho nitro benzene ring substituents is 1. The molecule has 0 heterocycles. The minimum atomic E-state index is -3.89. The van der Waals surface area contributed by atoms with E-state index < -0.39 is 27.0 Å². The fraction of sp³-hybridized carbons (Fsp3) is 0.136. The SMILES string of the molecule is Cc1ccc(S(=O)(=O)N[C@@H](CC(=O)Oc2ccc([N+](=O)[O-])cc2)c2ccccc2)cc1. The van der Waals surface area contributed by atoms with Crippen LogP contribution in [0.2, 0.25) is 0 Å². The Balaban J connectivity index is 1.78. The molecule has 0 spiro atoms. The highest BCUT2D eigenvalue weighted by molar-refractivity contribution is 7.89. The molecule has 31 heavy (non-hydrogen) atoms. The number of hydrogen-bond acceptors (Lipinski definition) is 6. The van der Waals surface area contributed by atoms with E-state index in [1.807, 2.05) is 6.92 Å². The molecule has 0 amide bonds. The van der Waals surface area contributed by atoms with Gasteiger partial charge in [0.05, 0.1) is 22.3 Å². The number of sulfonamides is 1. The number of aryl methyl sites for hydroxylation is 1. The van der Waals surface area contributed by atoms with Gasteiger partial charge in [0, 0.05) is 12.1 Å². The highest BCUT2D eigenvalue weighted by Crippen LogP contribution is 2.23. The third kappa shape index (κ3) is 5.97.